The smallest absolute Gasteiger partial charge is 0.261 e. The van der Waals surface area contributed by atoms with Gasteiger partial charge >= 0.3 is 0 Å². The number of hydrogen-bond acceptors (Lipinski definition) is 6. The molecular weight excluding hydrogens is 382 g/mol. The third-order valence-electron chi connectivity index (χ3n) is 5.44. The molecule has 5 rings (SSSR count). The highest BCUT2D eigenvalue weighted by Gasteiger charge is 2.18. The molecule has 0 atom stereocenters. The zero-order chi connectivity index (χ0) is 20.5. The van der Waals surface area contributed by atoms with Gasteiger partial charge in [0, 0.05) is 19.6 Å². The van der Waals surface area contributed by atoms with Crippen molar-refractivity contribution in [1.82, 2.24) is 19.9 Å². The summed E-state index contributed by atoms with van der Waals surface area (Å²) in [6.45, 7) is 4.65. The molecule has 1 aliphatic heterocycles. The molecule has 2 aromatic carbocycles. The lowest BCUT2D eigenvalue weighted by molar-refractivity contribution is 0.0323. The highest BCUT2D eigenvalue weighted by Crippen LogP contribution is 2.34. The Bertz CT molecular complexity index is 1220. The Labute approximate surface area is 172 Å². The monoisotopic (exact) mass is 405 g/mol. The number of H-pyrrole nitrogens is 2. The van der Waals surface area contributed by atoms with E-state index in [2.05, 4.69) is 19.9 Å². The van der Waals surface area contributed by atoms with Crippen LogP contribution in [0.15, 0.2) is 47.3 Å². The second-order valence-corrected chi connectivity index (χ2v) is 7.33. The van der Waals surface area contributed by atoms with E-state index < -0.39 is 0 Å². The lowest BCUT2D eigenvalue weighted by Crippen LogP contribution is -2.38. The Morgan fingerprint density at radius 3 is 2.70 bits per heavy atom. The molecule has 1 fully saturated rings. The van der Waals surface area contributed by atoms with Gasteiger partial charge in [-0.1, -0.05) is 18.2 Å². The number of nitrogens with one attached hydrogen (secondary N) is 2. The van der Waals surface area contributed by atoms with Crippen molar-refractivity contribution < 1.29 is 9.47 Å². The molecule has 8 nitrogen and oxygen atoms in total. The summed E-state index contributed by atoms with van der Waals surface area (Å²) >= 11 is 0. The zero-order valence-electron chi connectivity index (χ0n) is 16.5. The number of pyridine rings is 1. The first kappa shape index (κ1) is 18.7. The molecular formula is C22H23N5O3. The first-order chi connectivity index (χ1) is 14.7. The van der Waals surface area contributed by atoms with Crippen LogP contribution in [-0.2, 0) is 4.74 Å². The number of nitrogens with zero attached hydrogens (tertiary/aromatic N) is 2. The van der Waals surface area contributed by atoms with Gasteiger partial charge in [-0.05, 0) is 24.3 Å². The van der Waals surface area contributed by atoms with E-state index in [4.69, 9.17) is 15.2 Å². The van der Waals surface area contributed by atoms with E-state index in [0.29, 0.717) is 40.3 Å². The molecule has 154 valence electrons. The summed E-state index contributed by atoms with van der Waals surface area (Å²) in [7, 11) is 0. The van der Waals surface area contributed by atoms with Crippen LogP contribution in [0.5, 0.6) is 5.75 Å². The Morgan fingerprint density at radius 1 is 1.07 bits per heavy atom. The number of fused-ring (bicyclic) bond motifs is 2. The summed E-state index contributed by atoms with van der Waals surface area (Å²) in [5.74, 6) is 1.09. The van der Waals surface area contributed by atoms with Crippen LogP contribution >= 0.6 is 0 Å². The van der Waals surface area contributed by atoms with Crippen molar-refractivity contribution in [2.24, 2.45) is 0 Å². The van der Waals surface area contributed by atoms with Crippen molar-refractivity contribution >= 4 is 27.6 Å². The molecule has 1 aliphatic rings. The summed E-state index contributed by atoms with van der Waals surface area (Å²) in [4.78, 5) is 25.8. The average molecular weight is 405 g/mol. The van der Waals surface area contributed by atoms with Crippen molar-refractivity contribution in [1.29, 1.82) is 0 Å². The number of aromatic nitrogens is 3. The van der Waals surface area contributed by atoms with Crippen LogP contribution in [0.1, 0.15) is 0 Å². The van der Waals surface area contributed by atoms with Crippen LogP contribution in [0.4, 0.5) is 5.69 Å². The molecule has 0 bridgehead atoms. The standard InChI is InChI=1S/C22H23N5O3/c23-20-18-16(6-3-7-17(18)30-13-10-27-8-11-29-12-9-27)26-22(28)19(20)21-24-14-4-1-2-5-15(14)25-21/h1-7H,8-13H2,(H,24,25)(H3,23,26,28). The van der Waals surface area contributed by atoms with Crippen LogP contribution < -0.4 is 16.0 Å². The molecule has 0 saturated carbocycles. The van der Waals surface area contributed by atoms with Crippen LogP contribution in [0, 0.1) is 0 Å². The second-order valence-electron chi connectivity index (χ2n) is 7.33. The Balaban J connectivity index is 1.51. The molecule has 3 heterocycles. The first-order valence-electron chi connectivity index (χ1n) is 10.0. The summed E-state index contributed by atoms with van der Waals surface area (Å²) in [5.41, 5.74) is 9.16. The van der Waals surface area contributed by atoms with Gasteiger partial charge in [-0.15, -0.1) is 0 Å². The van der Waals surface area contributed by atoms with Gasteiger partial charge in [-0.3, -0.25) is 9.69 Å². The van der Waals surface area contributed by atoms with Crippen molar-refractivity contribution in [3.05, 3.63) is 52.8 Å². The van der Waals surface area contributed by atoms with Crippen molar-refractivity contribution in [3.63, 3.8) is 0 Å². The molecule has 4 aromatic rings. The number of aromatic amines is 2. The lowest BCUT2D eigenvalue weighted by atomic mass is 10.1. The molecule has 0 spiro atoms. The van der Waals surface area contributed by atoms with Gasteiger partial charge in [-0.25, -0.2) is 4.98 Å². The molecule has 2 aromatic heterocycles. The van der Waals surface area contributed by atoms with Crippen LogP contribution in [0.2, 0.25) is 0 Å². The number of imidazole rings is 1. The van der Waals surface area contributed by atoms with Gasteiger partial charge in [-0.2, -0.15) is 0 Å². The predicted octanol–water partition coefficient (Wildman–Crippen LogP) is 2.36. The first-order valence-corrected chi connectivity index (χ1v) is 10.0. The van der Waals surface area contributed by atoms with Crippen LogP contribution in [0.3, 0.4) is 0 Å². The van der Waals surface area contributed by atoms with E-state index in [1.165, 1.54) is 0 Å². The number of rotatable bonds is 5. The van der Waals surface area contributed by atoms with Gasteiger partial charge in [0.15, 0.2) is 0 Å². The Morgan fingerprint density at radius 2 is 1.87 bits per heavy atom. The van der Waals surface area contributed by atoms with Crippen molar-refractivity contribution in [2.45, 2.75) is 0 Å². The van der Waals surface area contributed by atoms with Gasteiger partial charge < -0.3 is 25.2 Å². The van der Waals surface area contributed by atoms with E-state index >= 15 is 0 Å². The quantitative estimate of drug-likeness (QED) is 0.470. The van der Waals surface area contributed by atoms with E-state index in [9.17, 15) is 4.79 Å². The second kappa shape index (κ2) is 7.81. The zero-order valence-corrected chi connectivity index (χ0v) is 16.5. The minimum absolute atomic E-state index is 0.287. The summed E-state index contributed by atoms with van der Waals surface area (Å²) < 4.78 is 11.5. The van der Waals surface area contributed by atoms with E-state index in [1.807, 2.05) is 42.5 Å². The van der Waals surface area contributed by atoms with Gasteiger partial charge in [0.1, 0.15) is 23.7 Å². The molecule has 0 radical (unpaired) electrons. The topological polar surface area (TPSA) is 109 Å². The average Bonchev–Trinajstić information content (AvgIpc) is 3.18. The predicted molar refractivity (Wildman–Crippen MR) is 117 cm³/mol. The SMILES string of the molecule is Nc1c(-c2nc3ccccc3[nH]2)c(=O)[nH]c2cccc(OCCN3CCOCC3)c12. The normalized spacial score (nSPS) is 15.1. The number of ether oxygens (including phenoxy) is 2. The maximum Gasteiger partial charge on any atom is 0.261 e. The highest BCUT2D eigenvalue weighted by atomic mass is 16.5. The molecule has 1 saturated heterocycles. The molecule has 30 heavy (non-hydrogen) atoms. The van der Waals surface area contributed by atoms with E-state index in [0.717, 1.165) is 43.9 Å². The third-order valence-corrected chi connectivity index (χ3v) is 5.44. The van der Waals surface area contributed by atoms with Gasteiger partial charge in [0.25, 0.3) is 5.56 Å². The van der Waals surface area contributed by atoms with Crippen molar-refractivity contribution in [3.8, 4) is 17.1 Å². The van der Waals surface area contributed by atoms with E-state index in [-0.39, 0.29) is 5.56 Å². The molecule has 0 unspecified atom stereocenters. The van der Waals surface area contributed by atoms with Crippen LogP contribution in [0.25, 0.3) is 33.3 Å². The number of nitrogen functional groups attached to an aromatic ring is 1. The fraction of sp³-hybridized carbons (Fsp3) is 0.273. The highest BCUT2D eigenvalue weighted by molar-refractivity contribution is 6.01. The summed E-state index contributed by atoms with van der Waals surface area (Å²) in [6, 6.07) is 13.2. The van der Waals surface area contributed by atoms with Crippen LogP contribution in [-0.4, -0.2) is 59.3 Å². The Hall–Kier alpha value is -3.36. The summed E-state index contributed by atoms with van der Waals surface area (Å²) in [5, 5.41) is 0.689. The number of morpholine rings is 1. The van der Waals surface area contributed by atoms with E-state index in [1.54, 1.807) is 0 Å². The fourth-order valence-electron chi connectivity index (χ4n) is 3.88. The van der Waals surface area contributed by atoms with Crippen molar-refractivity contribution in [2.75, 3.05) is 45.2 Å². The Kier molecular flexibility index (Phi) is 4.86. The van der Waals surface area contributed by atoms with Gasteiger partial charge in [0.05, 0.1) is 40.8 Å². The molecule has 4 N–H and O–H groups in total. The number of benzene rings is 2. The summed E-state index contributed by atoms with van der Waals surface area (Å²) in [6.07, 6.45) is 0. The molecule has 0 aliphatic carbocycles. The minimum atomic E-state index is -0.287. The number of para-hydroxylation sites is 2. The minimum Gasteiger partial charge on any atom is -0.491 e. The maximum atomic E-state index is 12.8. The fourth-order valence-corrected chi connectivity index (χ4v) is 3.88. The largest absolute Gasteiger partial charge is 0.491 e. The van der Waals surface area contributed by atoms with Gasteiger partial charge in [0.2, 0.25) is 0 Å². The molecule has 0 amide bonds. The maximum absolute atomic E-state index is 12.8. The third kappa shape index (κ3) is 3.40. The number of anilines is 1. The lowest BCUT2D eigenvalue weighted by Gasteiger charge is -2.26. The number of hydrogen-bond donors (Lipinski definition) is 3. The number of nitrogens with two attached hydrogens (primary N) is 1. The molecule has 8 heteroatoms.